The summed E-state index contributed by atoms with van der Waals surface area (Å²) >= 11 is 4.99. The number of carbonyl (C=O) groups excluding carboxylic acids is 1. The molecule has 2 aliphatic rings. The summed E-state index contributed by atoms with van der Waals surface area (Å²) in [6.07, 6.45) is 1.04. The van der Waals surface area contributed by atoms with E-state index in [-0.39, 0.29) is 17.1 Å². The van der Waals surface area contributed by atoms with Crippen LogP contribution in [-0.2, 0) is 16.1 Å². The molecule has 0 fully saturated rings. The van der Waals surface area contributed by atoms with E-state index in [0.29, 0.717) is 36.4 Å². The van der Waals surface area contributed by atoms with E-state index in [1.165, 1.54) is 0 Å². The van der Waals surface area contributed by atoms with Gasteiger partial charge in [-0.3, -0.25) is 4.79 Å². The Hall–Kier alpha value is -2.56. The Bertz CT molecular complexity index is 1150. The van der Waals surface area contributed by atoms with E-state index < -0.39 is 5.92 Å². The van der Waals surface area contributed by atoms with E-state index in [4.69, 9.17) is 15.2 Å². The highest BCUT2D eigenvalue weighted by molar-refractivity contribution is 9.10. The predicted molar refractivity (Wildman–Crippen MR) is 123 cm³/mol. The Morgan fingerprint density at radius 1 is 1.32 bits per heavy atom. The number of ketones is 1. The zero-order valence-corrected chi connectivity index (χ0v) is 20.0. The molecule has 31 heavy (non-hydrogen) atoms. The minimum Gasteiger partial charge on any atom is -0.489 e. The fourth-order valence-electron chi connectivity index (χ4n) is 4.09. The van der Waals surface area contributed by atoms with Gasteiger partial charge in [0.2, 0.25) is 5.88 Å². The number of thiophene rings is 1. The fourth-order valence-corrected chi connectivity index (χ4v) is 5.51. The van der Waals surface area contributed by atoms with Crippen LogP contribution in [0, 0.1) is 23.7 Å². The monoisotopic (exact) mass is 498 g/mol. The van der Waals surface area contributed by atoms with Gasteiger partial charge >= 0.3 is 0 Å². The van der Waals surface area contributed by atoms with E-state index in [0.717, 1.165) is 25.5 Å². The van der Waals surface area contributed by atoms with Gasteiger partial charge in [0, 0.05) is 38.2 Å². The van der Waals surface area contributed by atoms with Gasteiger partial charge in [-0.2, -0.15) is 5.26 Å². The number of benzene rings is 1. The Balaban J connectivity index is 1.68. The normalized spacial score (nSPS) is 20.2. The Morgan fingerprint density at radius 3 is 2.71 bits per heavy atom. The first kappa shape index (κ1) is 21.7. The lowest BCUT2D eigenvalue weighted by Crippen LogP contribution is -2.33. The summed E-state index contributed by atoms with van der Waals surface area (Å²) in [5.41, 5.74) is 7.82. The number of halogens is 1. The van der Waals surface area contributed by atoms with Crippen LogP contribution in [0.2, 0.25) is 0 Å². The molecule has 1 aliphatic heterocycles. The van der Waals surface area contributed by atoms with Gasteiger partial charge in [-0.05, 0) is 42.7 Å². The summed E-state index contributed by atoms with van der Waals surface area (Å²) in [6.45, 7) is 6.51. The number of hydrogen-bond donors (Lipinski definition) is 1. The molecule has 2 heterocycles. The van der Waals surface area contributed by atoms with Gasteiger partial charge in [0.05, 0.1) is 5.92 Å². The number of Topliss-reactive ketones (excluding diaryl/α,β-unsaturated/α-hetero) is 1. The van der Waals surface area contributed by atoms with E-state index in [2.05, 4.69) is 22.0 Å². The van der Waals surface area contributed by atoms with Crippen LogP contribution in [0.25, 0.3) is 0 Å². The first-order valence-corrected chi connectivity index (χ1v) is 11.6. The first-order valence-electron chi connectivity index (χ1n) is 10.00. The van der Waals surface area contributed by atoms with Crippen molar-refractivity contribution < 1.29 is 14.3 Å². The molecule has 0 saturated heterocycles. The van der Waals surface area contributed by atoms with Crippen LogP contribution in [0.15, 0.2) is 57.6 Å². The van der Waals surface area contributed by atoms with Gasteiger partial charge in [-0.1, -0.05) is 29.8 Å². The predicted octanol–water partition coefficient (Wildman–Crippen LogP) is 5.85. The summed E-state index contributed by atoms with van der Waals surface area (Å²) in [5.74, 6) is 1.01. The topological polar surface area (TPSA) is 85.3 Å². The molecule has 1 atom stereocenters. The Morgan fingerprint density at radius 2 is 2.03 bits per heavy atom. The number of nitrogens with two attached hydrogens (primary N) is 1. The second-order valence-electron chi connectivity index (χ2n) is 8.68. The highest BCUT2D eigenvalue weighted by atomic mass is 79.9. The molecule has 0 unspecified atom stereocenters. The third-order valence-electron chi connectivity index (χ3n) is 5.61. The van der Waals surface area contributed by atoms with Crippen LogP contribution >= 0.6 is 27.3 Å². The third-order valence-corrected chi connectivity index (χ3v) is 7.29. The van der Waals surface area contributed by atoms with Gasteiger partial charge < -0.3 is 15.2 Å². The summed E-state index contributed by atoms with van der Waals surface area (Å²) in [7, 11) is 0. The maximum absolute atomic E-state index is 13.1. The molecule has 0 amide bonds. The molecule has 2 N–H and O–H groups in total. The minimum absolute atomic E-state index is 0.0233. The minimum atomic E-state index is -0.484. The second kappa shape index (κ2) is 8.18. The summed E-state index contributed by atoms with van der Waals surface area (Å²) < 4.78 is 12.7. The summed E-state index contributed by atoms with van der Waals surface area (Å²) in [4.78, 5) is 15.1. The molecule has 160 valence electrons. The number of ether oxygens (including phenoxy) is 2. The summed E-state index contributed by atoms with van der Waals surface area (Å²) in [6, 6.07) is 11.9. The van der Waals surface area contributed by atoms with Crippen LogP contribution in [0.5, 0.6) is 5.75 Å². The van der Waals surface area contributed by atoms with Crippen LogP contribution in [0.3, 0.4) is 0 Å². The average Bonchev–Trinajstić information content (AvgIpc) is 3.06. The van der Waals surface area contributed by atoms with Crippen molar-refractivity contribution in [3.63, 3.8) is 0 Å². The number of rotatable bonds is 4. The smallest absolute Gasteiger partial charge is 0.205 e. The second-order valence-corrected chi connectivity index (χ2v) is 10.9. The maximum Gasteiger partial charge on any atom is 0.205 e. The molecule has 1 aromatic heterocycles. The number of hydrogen-bond acceptors (Lipinski definition) is 6. The number of carbonyl (C=O) groups is 1. The number of allylic oxidation sites excluding steroid dienone is 3. The van der Waals surface area contributed by atoms with Crippen molar-refractivity contribution in [2.75, 3.05) is 0 Å². The van der Waals surface area contributed by atoms with Gasteiger partial charge in [-0.15, -0.1) is 11.3 Å². The van der Waals surface area contributed by atoms with Crippen molar-refractivity contribution in [1.82, 2.24) is 0 Å². The van der Waals surface area contributed by atoms with Crippen molar-refractivity contribution in [3.8, 4) is 11.8 Å². The van der Waals surface area contributed by atoms with Crippen molar-refractivity contribution >= 4 is 33.0 Å². The Kier molecular flexibility index (Phi) is 5.71. The summed E-state index contributed by atoms with van der Waals surface area (Å²) in [5, 5.41) is 9.80. The lowest BCUT2D eigenvalue weighted by atomic mass is 9.71. The fraction of sp³-hybridized carbons (Fsp3) is 0.333. The maximum atomic E-state index is 13.1. The van der Waals surface area contributed by atoms with Crippen LogP contribution in [-0.4, -0.2) is 5.78 Å². The molecule has 1 aromatic carbocycles. The molecule has 0 bridgehead atoms. The third kappa shape index (κ3) is 4.28. The molecule has 7 heteroatoms. The van der Waals surface area contributed by atoms with E-state index in [1.54, 1.807) is 11.3 Å². The van der Waals surface area contributed by atoms with E-state index in [9.17, 15) is 10.1 Å². The molecular weight excluding hydrogens is 476 g/mol. The van der Waals surface area contributed by atoms with Crippen molar-refractivity contribution in [2.24, 2.45) is 11.1 Å². The molecule has 0 saturated carbocycles. The molecule has 0 spiro atoms. The van der Waals surface area contributed by atoms with Gasteiger partial charge in [0.1, 0.15) is 29.8 Å². The number of aryl methyl sites for hydroxylation is 1. The van der Waals surface area contributed by atoms with Crippen molar-refractivity contribution in [1.29, 1.82) is 5.26 Å². The molecule has 5 nitrogen and oxygen atoms in total. The van der Waals surface area contributed by atoms with E-state index in [1.807, 2.05) is 51.1 Å². The lowest BCUT2D eigenvalue weighted by molar-refractivity contribution is -0.119. The first-order chi connectivity index (χ1) is 14.7. The zero-order valence-electron chi connectivity index (χ0n) is 17.6. The standard InChI is InChI=1S/C24H23BrN2O3S/c1-13-14(12-29-16-6-4-15(25)5-7-16)8-20(31-13)21-17(11-26)23(27)30-19-10-24(2,3)9-18(28)22(19)21/h4-8,21H,9-10,12,27H2,1-3H3/t21-/m0/s1. The van der Waals surface area contributed by atoms with Gasteiger partial charge in [0.25, 0.3) is 0 Å². The Labute approximate surface area is 194 Å². The SMILES string of the molecule is Cc1sc([C@@H]2C(C#N)=C(N)OC3=C2C(=O)CC(C)(C)C3)cc1COc1ccc(Br)cc1. The van der Waals surface area contributed by atoms with Crippen molar-refractivity contribution in [2.45, 2.75) is 46.1 Å². The average molecular weight is 499 g/mol. The van der Waals surface area contributed by atoms with Gasteiger partial charge in [0.15, 0.2) is 5.78 Å². The molecule has 2 aromatic rings. The van der Waals surface area contributed by atoms with E-state index >= 15 is 0 Å². The lowest BCUT2D eigenvalue weighted by Gasteiger charge is -2.36. The highest BCUT2D eigenvalue weighted by Gasteiger charge is 2.43. The number of nitrogens with zero attached hydrogens (tertiary/aromatic N) is 1. The molecule has 4 rings (SSSR count). The zero-order chi connectivity index (χ0) is 22.3. The van der Waals surface area contributed by atoms with Crippen LogP contribution in [0.4, 0.5) is 0 Å². The highest BCUT2D eigenvalue weighted by Crippen LogP contribution is 2.49. The number of nitriles is 1. The van der Waals surface area contributed by atoms with Crippen LogP contribution < -0.4 is 10.5 Å². The molecule has 0 radical (unpaired) electrons. The van der Waals surface area contributed by atoms with Crippen molar-refractivity contribution in [3.05, 3.63) is 72.9 Å². The van der Waals surface area contributed by atoms with Gasteiger partial charge in [-0.25, -0.2) is 0 Å². The molecule has 1 aliphatic carbocycles. The largest absolute Gasteiger partial charge is 0.489 e. The van der Waals surface area contributed by atoms with Crippen LogP contribution in [0.1, 0.15) is 47.9 Å². The quantitative estimate of drug-likeness (QED) is 0.571. The molecular formula is C24H23BrN2O3S.